The second-order valence-electron chi connectivity index (χ2n) is 14.1. The fourth-order valence-electron chi connectivity index (χ4n) is 7.27. The molecule has 4 aliphatic rings. The highest BCUT2D eigenvalue weighted by Gasteiger charge is 2.54. The van der Waals surface area contributed by atoms with Crippen molar-refractivity contribution in [2.45, 2.75) is 56.9 Å². The molecule has 0 amide bonds. The Morgan fingerprint density at radius 1 is 0.746 bits per heavy atom. The maximum absolute atomic E-state index is 14.9. The molecule has 2 aromatic carbocycles. The van der Waals surface area contributed by atoms with Crippen LogP contribution in [0.5, 0.6) is 0 Å². The summed E-state index contributed by atoms with van der Waals surface area (Å²) in [6, 6.07) is 9.16. The SMILES string of the molecule is C[C@H]1OC[C@]2(c3cc(CC(=O)c4cnc(CF)cn4)ccc3F)N=C(N)SC[C@H]12.C[C@H]1OC[C@]2(c3cc(N)ccc3F)N=C(N)SC[C@H]12.O=C(O)c1cnc(CF)cn1. The summed E-state index contributed by atoms with van der Waals surface area (Å²) in [5, 5.41) is 9.24. The number of aliphatic imine (C=N–C) groups is 2. The summed E-state index contributed by atoms with van der Waals surface area (Å²) in [6.45, 7) is 3.07. The molecule has 4 aliphatic heterocycles. The van der Waals surface area contributed by atoms with E-state index >= 15 is 0 Å². The third kappa shape index (κ3) is 9.35. The zero-order chi connectivity index (χ0) is 42.5. The van der Waals surface area contributed by atoms with Crippen molar-refractivity contribution in [3.8, 4) is 0 Å². The minimum Gasteiger partial charge on any atom is -0.476 e. The Bertz CT molecular complexity index is 2240. The highest BCUT2D eigenvalue weighted by Crippen LogP contribution is 2.49. The van der Waals surface area contributed by atoms with Crippen molar-refractivity contribution in [1.29, 1.82) is 0 Å². The number of nitrogen functional groups attached to an aromatic ring is 1. The fraction of sp³-hybridized carbons (Fsp3) is 0.385. The van der Waals surface area contributed by atoms with Crippen LogP contribution in [0.15, 0.2) is 71.2 Å². The van der Waals surface area contributed by atoms with E-state index in [0.717, 1.165) is 18.1 Å². The Balaban J connectivity index is 0.000000166. The average molecular weight is 856 g/mol. The van der Waals surface area contributed by atoms with Gasteiger partial charge in [0.2, 0.25) is 0 Å². The summed E-state index contributed by atoms with van der Waals surface area (Å²) < 4.78 is 65.0. The second-order valence-corrected chi connectivity index (χ2v) is 16.2. The number of hydrogen-bond acceptors (Lipinski definition) is 15. The first kappa shape index (κ1) is 43.4. The van der Waals surface area contributed by atoms with Gasteiger partial charge in [0.25, 0.3) is 0 Å². The van der Waals surface area contributed by atoms with E-state index < -0.39 is 36.2 Å². The first-order chi connectivity index (χ1) is 28.2. The molecule has 7 N–H and O–H groups in total. The summed E-state index contributed by atoms with van der Waals surface area (Å²) in [5.74, 6) is -0.587. The van der Waals surface area contributed by atoms with Crippen molar-refractivity contribution in [2.75, 3.05) is 30.5 Å². The number of aromatic carboxylic acids is 1. The topological polar surface area (TPSA) is 227 Å². The molecule has 0 unspecified atom stereocenters. The quantitative estimate of drug-likeness (QED) is 0.102. The number of amidine groups is 2. The summed E-state index contributed by atoms with van der Waals surface area (Å²) in [4.78, 5) is 46.7. The number of ether oxygens (including phenoxy) is 2. The van der Waals surface area contributed by atoms with Crippen LogP contribution < -0.4 is 17.2 Å². The molecule has 14 nitrogen and oxygen atoms in total. The predicted molar refractivity (Wildman–Crippen MR) is 215 cm³/mol. The standard InChI is InChI=1S/C20H20F2N4O2S.C13H16FN3OS.C6H5FN2O2/c1-11-15-9-29-19(23)26-20(15,10-28-11)14-4-12(2-3-16(14)22)5-18(27)17-8-24-13(6-21)7-25-17;1-7-10-5-19-12(16)17-13(10,6-18-7)9-4-8(15)2-3-11(9)14;7-1-4-2-9-5(3-8-4)6(10)11/h2-4,7-8,11,15H,5-6,9-10H2,1H3,(H2,23,26);2-4,7,10H,5-6,15H2,1H3,(H2,16,17);2-3H,1H2,(H,10,11)/t11-,15-,20-;7-,10-,13-;/m11./s1. The number of ketones is 1. The lowest BCUT2D eigenvalue weighted by Gasteiger charge is -2.35. The van der Waals surface area contributed by atoms with Gasteiger partial charge in [0.05, 0.1) is 61.6 Å². The monoisotopic (exact) mass is 855 g/mol. The van der Waals surface area contributed by atoms with Gasteiger partial charge in [-0.2, -0.15) is 0 Å². The molecule has 0 aliphatic carbocycles. The van der Waals surface area contributed by atoms with E-state index in [1.54, 1.807) is 24.3 Å². The van der Waals surface area contributed by atoms with Crippen LogP contribution in [0.3, 0.4) is 0 Å². The largest absolute Gasteiger partial charge is 0.476 e. The van der Waals surface area contributed by atoms with Crippen LogP contribution >= 0.6 is 23.5 Å². The fourth-order valence-corrected chi connectivity index (χ4v) is 9.52. The molecule has 0 saturated carbocycles. The van der Waals surface area contributed by atoms with E-state index in [1.165, 1.54) is 48.1 Å². The summed E-state index contributed by atoms with van der Waals surface area (Å²) in [5.41, 5.74) is 18.3. The molecule has 2 saturated heterocycles. The zero-order valence-corrected chi connectivity index (χ0v) is 33.5. The molecule has 0 radical (unpaired) electrons. The number of halogens is 4. The number of alkyl halides is 2. The Morgan fingerprint density at radius 2 is 1.24 bits per heavy atom. The van der Waals surface area contributed by atoms with Gasteiger partial charge in [0.1, 0.15) is 41.8 Å². The van der Waals surface area contributed by atoms with Crippen LogP contribution in [0.1, 0.15) is 62.9 Å². The van der Waals surface area contributed by atoms with E-state index in [2.05, 4.69) is 29.9 Å². The van der Waals surface area contributed by atoms with E-state index in [-0.39, 0.29) is 71.4 Å². The molecule has 2 aromatic heterocycles. The summed E-state index contributed by atoms with van der Waals surface area (Å²) >= 11 is 2.94. The Hall–Kier alpha value is -5.18. The van der Waals surface area contributed by atoms with Gasteiger partial charge in [-0.25, -0.2) is 42.3 Å². The second kappa shape index (κ2) is 18.4. The molecule has 6 heterocycles. The number of anilines is 1. The van der Waals surface area contributed by atoms with Crippen molar-refractivity contribution in [2.24, 2.45) is 33.3 Å². The smallest absolute Gasteiger partial charge is 0.356 e. The first-order valence-corrected chi connectivity index (χ1v) is 20.2. The summed E-state index contributed by atoms with van der Waals surface area (Å²) in [6.07, 6.45) is 4.59. The van der Waals surface area contributed by atoms with Gasteiger partial charge in [-0.3, -0.25) is 14.8 Å². The minimum absolute atomic E-state index is 0.0145. The van der Waals surface area contributed by atoms with Gasteiger partial charge in [0.15, 0.2) is 21.8 Å². The Morgan fingerprint density at radius 3 is 1.71 bits per heavy atom. The van der Waals surface area contributed by atoms with Crippen LogP contribution in [0.4, 0.5) is 23.2 Å². The number of benzene rings is 2. The van der Waals surface area contributed by atoms with Gasteiger partial charge >= 0.3 is 5.97 Å². The first-order valence-electron chi connectivity index (χ1n) is 18.2. The molecule has 59 heavy (non-hydrogen) atoms. The maximum Gasteiger partial charge on any atom is 0.356 e. The number of aromatic nitrogens is 4. The van der Waals surface area contributed by atoms with Crippen LogP contribution in [0, 0.1) is 23.5 Å². The lowest BCUT2D eigenvalue weighted by molar-refractivity contribution is 0.0689. The lowest BCUT2D eigenvalue weighted by atomic mass is 9.78. The number of nitrogens with two attached hydrogens (primary N) is 3. The van der Waals surface area contributed by atoms with Gasteiger partial charge in [-0.1, -0.05) is 29.6 Å². The molecule has 2 fully saturated rings. The average Bonchev–Trinajstić information content (AvgIpc) is 3.75. The minimum atomic E-state index is -1.16. The van der Waals surface area contributed by atoms with Gasteiger partial charge in [-0.15, -0.1) is 0 Å². The number of rotatable bonds is 8. The number of carboxylic acid groups (broad SMARTS) is 1. The van der Waals surface area contributed by atoms with Gasteiger partial charge < -0.3 is 31.8 Å². The van der Waals surface area contributed by atoms with Crippen molar-refractivity contribution < 1.29 is 41.7 Å². The van der Waals surface area contributed by atoms with Crippen molar-refractivity contribution in [1.82, 2.24) is 19.9 Å². The van der Waals surface area contributed by atoms with Crippen LogP contribution in [0.2, 0.25) is 0 Å². The van der Waals surface area contributed by atoms with Gasteiger partial charge in [0, 0.05) is 46.6 Å². The molecule has 0 spiro atoms. The normalized spacial score (nSPS) is 25.5. The van der Waals surface area contributed by atoms with Crippen LogP contribution in [-0.2, 0) is 40.3 Å². The molecule has 0 bridgehead atoms. The highest BCUT2D eigenvalue weighted by atomic mass is 32.2. The number of nitrogens with zero attached hydrogens (tertiary/aromatic N) is 6. The number of carbonyl (C=O) groups is 2. The van der Waals surface area contributed by atoms with Gasteiger partial charge in [-0.05, 0) is 49.7 Å². The molecule has 312 valence electrons. The predicted octanol–water partition coefficient (Wildman–Crippen LogP) is 5.15. The number of carbonyl (C=O) groups excluding carboxylic acids is 1. The highest BCUT2D eigenvalue weighted by molar-refractivity contribution is 8.14. The third-order valence-corrected chi connectivity index (χ3v) is 12.3. The molecule has 8 rings (SSSR count). The van der Waals surface area contributed by atoms with Crippen LogP contribution in [0.25, 0.3) is 0 Å². The maximum atomic E-state index is 14.9. The van der Waals surface area contributed by atoms with E-state index in [4.69, 9.17) is 31.8 Å². The molecular formula is C39H41F4N9O5S2. The number of Topliss-reactive ketones (excluding diaryl/α,β-unsaturated/α-hetero) is 1. The lowest BCUT2D eigenvalue weighted by Crippen LogP contribution is -2.41. The Kier molecular flexibility index (Phi) is 13.5. The third-order valence-electron chi connectivity index (χ3n) is 10.4. The number of carboxylic acids is 1. The number of fused-ring (bicyclic) bond motifs is 2. The Labute approximate surface area is 344 Å². The number of hydrogen-bond donors (Lipinski definition) is 4. The summed E-state index contributed by atoms with van der Waals surface area (Å²) in [7, 11) is 0. The van der Waals surface area contributed by atoms with Crippen LogP contribution in [-0.4, -0.2) is 84.1 Å². The molecule has 4 aromatic rings. The molecule has 20 heteroatoms. The van der Waals surface area contributed by atoms with Crippen molar-refractivity contribution in [3.63, 3.8) is 0 Å². The van der Waals surface area contributed by atoms with Crippen molar-refractivity contribution >= 4 is 51.3 Å². The zero-order valence-electron chi connectivity index (χ0n) is 31.9. The van der Waals surface area contributed by atoms with E-state index in [1.807, 2.05) is 13.8 Å². The number of thioether (sulfide) groups is 2. The van der Waals surface area contributed by atoms with E-state index in [9.17, 15) is 27.2 Å². The molecule has 6 atom stereocenters. The van der Waals surface area contributed by atoms with E-state index in [0.29, 0.717) is 45.1 Å². The van der Waals surface area contributed by atoms with Crippen molar-refractivity contribution in [3.05, 3.63) is 112 Å². The molecular weight excluding hydrogens is 815 g/mol.